The van der Waals surface area contributed by atoms with Gasteiger partial charge in [0.25, 0.3) is 0 Å². The molecule has 1 unspecified atom stereocenters. The van der Waals surface area contributed by atoms with Gasteiger partial charge in [-0.15, -0.1) is 0 Å². The van der Waals surface area contributed by atoms with Crippen LogP contribution in [-0.2, 0) is 0 Å². The number of carbonyl (C=O) groups is 1. The van der Waals surface area contributed by atoms with Gasteiger partial charge in [0.05, 0.1) is 6.04 Å². The van der Waals surface area contributed by atoms with Crippen molar-refractivity contribution in [2.45, 2.75) is 18.9 Å². The smallest absolute Gasteiger partial charge is 0.248 e. The summed E-state index contributed by atoms with van der Waals surface area (Å²) in [4.78, 5) is 11.8. The maximum atomic E-state index is 11.8. The first-order valence-corrected chi connectivity index (χ1v) is 10.2. The normalized spacial score (nSPS) is 14.9. The van der Waals surface area contributed by atoms with Gasteiger partial charge < -0.3 is 11.1 Å². The van der Waals surface area contributed by atoms with Gasteiger partial charge in [-0.05, 0) is 76.2 Å². The fraction of sp³-hybridized carbons (Fsp3) is 0.192. The van der Waals surface area contributed by atoms with Crippen LogP contribution in [0.15, 0.2) is 78.9 Å². The summed E-state index contributed by atoms with van der Waals surface area (Å²) in [5.41, 5.74) is 8.42. The van der Waals surface area contributed by atoms with Gasteiger partial charge in [-0.25, -0.2) is 0 Å². The minimum absolute atomic E-state index is 0.00408. The van der Waals surface area contributed by atoms with E-state index in [0.29, 0.717) is 5.56 Å². The van der Waals surface area contributed by atoms with Crippen LogP contribution in [0, 0.1) is 5.92 Å². The molecule has 1 amide bonds. The Labute approximate surface area is 170 Å². The number of fused-ring (bicyclic) bond motifs is 3. The molecule has 3 N–H and O–H groups in total. The topological polar surface area (TPSA) is 55.1 Å². The van der Waals surface area contributed by atoms with Crippen LogP contribution < -0.4 is 11.1 Å². The summed E-state index contributed by atoms with van der Waals surface area (Å²) in [6, 6.07) is 27.1. The molecule has 5 rings (SSSR count). The number of carbonyl (C=O) groups excluding carboxylic acids is 1. The lowest BCUT2D eigenvalue weighted by Gasteiger charge is -2.23. The van der Waals surface area contributed by atoms with Crippen LogP contribution in [-0.4, -0.2) is 12.5 Å². The molecule has 1 atom stereocenters. The fourth-order valence-electron chi connectivity index (χ4n) is 4.21. The van der Waals surface area contributed by atoms with Gasteiger partial charge in [0.2, 0.25) is 5.91 Å². The Morgan fingerprint density at radius 1 is 0.897 bits per heavy atom. The van der Waals surface area contributed by atoms with E-state index in [1.54, 1.807) is 6.07 Å². The van der Waals surface area contributed by atoms with E-state index in [9.17, 15) is 4.79 Å². The summed E-state index contributed by atoms with van der Waals surface area (Å²) in [7, 11) is 0. The zero-order chi connectivity index (χ0) is 19.8. The number of hydrogen-bond donors (Lipinski definition) is 2. The number of benzene rings is 4. The number of primary amides is 1. The minimum Gasteiger partial charge on any atom is -0.366 e. The second-order valence-electron chi connectivity index (χ2n) is 8.01. The lowest BCUT2D eigenvalue weighted by molar-refractivity contribution is 0.1000. The van der Waals surface area contributed by atoms with Crippen molar-refractivity contribution in [2.75, 3.05) is 6.54 Å². The molecule has 0 saturated heterocycles. The maximum Gasteiger partial charge on any atom is 0.248 e. The van der Waals surface area contributed by atoms with Gasteiger partial charge >= 0.3 is 0 Å². The van der Waals surface area contributed by atoms with Gasteiger partial charge in [0.1, 0.15) is 0 Å². The number of nitrogens with one attached hydrogen (secondary N) is 1. The van der Waals surface area contributed by atoms with Crippen LogP contribution in [0.3, 0.4) is 0 Å². The predicted octanol–water partition coefficient (Wildman–Crippen LogP) is 5.18. The third kappa shape index (κ3) is 3.50. The molecule has 0 aliphatic heterocycles. The monoisotopic (exact) mass is 380 g/mol. The molecule has 144 valence electrons. The molecule has 0 radical (unpaired) electrons. The van der Waals surface area contributed by atoms with Gasteiger partial charge in [0.15, 0.2) is 0 Å². The van der Waals surface area contributed by atoms with E-state index in [-0.39, 0.29) is 6.04 Å². The summed E-state index contributed by atoms with van der Waals surface area (Å²) in [6.07, 6.45) is 2.58. The summed E-state index contributed by atoms with van der Waals surface area (Å²) >= 11 is 0. The number of amides is 1. The highest BCUT2D eigenvalue weighted by atomic mass is 16.1. The fourth-order valence-corrected chi connectivity index (χ4v) is 4.21. The third-order valence-corrected chi connectivity index (χ3v) is 5.92. The lowest BCUT2D eigenvalue weighted by Crippen LogP contribution is -2.25. The highest BCUT2D eigenvalue weighted by Gasteiger charge is 2.25. The first-order chi connectivity index (χ1) is 14.2. The van der Waals surface area contributed by atoms with Gasteiger partial charge in [-0.3, -0.25) is 4.79 Å². The van der Waals surface area contributed by atoms with Crippen LogP contribution in [0.2, 0.25) is 0 Å². The molecule has 0 heterocycles. The lowest BCUT2D eigenvalue weighted by atomic mass is 9.89. The molecule has 4 aromatic rings. The zero-order valence-corrected chi connectivity index (χ0v) is 16.3. The molecule has 1 aliphatic carbocycles. The standard InChI is InChI=1S/C26H24N2O/c27-26(29)20-8-5-7-19(14-20)25(28-16-17-12-13-17)24-15-18-6-1-2-9-21(18)22-10-3-4-11-23(22)24/h1-11,14-15,17,25,28H,12-13,16H2,(H2,27,29). The van der Waals surface area contributed by atoms with E-state index in [1.807, 2.05) is 12.1 Å². The van der Waals surface area contributed by atoms with Crippen LogP contribution in [0.4, 0.5) is 0 Å². The average molecular weight is 380 g/mol. The molecular weight excluding hydrogens is 356 g/mol. The number of nitrogens with two attached hydrogens (primary N) is 1. The maximum absolute atomic E-state index is 11.8. The van der Waals surface area contributed by atoms with E-state index in [2.05, 4.69) is 66.0 Å². The average Bonchev–Trinajstić information content (AvgIpc) is 3.58. The molecule has 29 heavy (non-hydrogen) atoms. The van der Waals surface area contributed by atoms with Crippen molar-refractivity contribution in [3.8, 4) is 0 Å². The van der Waals surface area contributed by atoms with Crippen molar-refractivity contribution in [3.63, 3.8) is 0 Å². The van der Waals surface area contributed by atoms with Gasteiger partial charge in [-0.2, -0.15) is 0 Å². The second-order valence-corrected chi connectivity index (χ2v) is 8.01. The predicted molar refractivity (Wildman–Crippen MR) is 119 cm³/mol. The zero-order valence-electron chi connectivity index (χ0n) is 16.3. The van der Waals surface area contributed by atoms with E-state index in [1.165, 1.54) is 39.9 Å². The molecule has 1 fully saturated rings. The summed E-state index contributed by atoms with van der Waals surface area (Å²) in [6.45, 7) is 0.979. The quantitative estimate of drug-likeness (QED) is 0.453. The molecule has 0 bridgehead atoms. The van der Waals surface area contributed by atoms with Crippen molar-refractivity contribution >= 4 is 27.5 Å². The molecule has 1 aliphatic rings. The Morgan fingerprint density at radius 3 is 2.38 bits per heavy atom. The third-order valence-electron chi connectivity index (χ3n) is 5.92. The molecule has 0 spiro atoms. The van der Waals surface area contributed by atoms with E-state index < -0.39 is 5.91 Å². The highest BCUT2D eigenvalue weighted by Crippen LogP contribution is 2.36. The van der Waals surface area contributed by atoms with Gasteiger partial charge in [-0.1, -0.05) is 60.7 Å². The second kappa shape index (κ2) is 7.34. The van der Waals surface area contributed by atoms with E-state index in [0.717, 1.165) is 18.0 Å². The van der Waals surface area contributed by atoms with Crippen LogP contribution in [0.5, 0.6) is 0 Å². The summed E-state index contributed by atoms with van der Waals surface area (Å²) < 4.78 is 0. The van der Waals surface area contributed by atoms with Crippen molar-refractivity contribution in [2.24, 2.45) is 11.7 Å². The van der Waals surface area contributed by atoms with Crippen molar-refractivity contribution in [1.82, 2.24) is 5.32 Å². The first kappa shape index (κ1) is 17.9. The molecule has 3 nitrogen and oxygen atoms in total. The number of hydrogen-bond acceptors (Lipinski definition) is 2. The Hall–Kier alpha value is -3.17. The Kier molecular flexibility index (Phi) is 4.53. The summed E-state index contributed by atoms with van der Waals surface area (Å²) in [5.74, 6) is 0.361. The molecule has 3 heteroatoms. The molecule has 1 saturated carbocycles. The molecular formula is C26H24N2O. The Morgan fingerprint density at radius 2 is 1.62 bits per heavy atom. The Bertz CT molecular complexity index is 1210. The highest BCUT2D eigenvalue weighted by molar-refractivity contribution is 6.09. The Balaban J connectivity index is 1.71. The first-order valence-electron chi connectivity index (χ1n) is 10.2. The van der Waals surface area contributed by atoms with E-state index >= 15 is 0 Å². The molecule has 0 aromatic heterocycles. The van der Waals surface area contributed by atoms with E-state index in [4.69, 9.17) is 5.73 Å². The minimum atomic E-state index is -0.392. The van der Waals surface area contributed by atoms with Crippen LogP contribution >= 0.6 is 0 Å². The number of rotatable bonds is 6. The molecule has 4 aromatic carbocycles. The van der Waals surface area contributed by atoms with Crippen LogP contribution in [0.25, 0.3) is 21.5 Å². The summed E-state index contributed by atoms with van der Waals surface area (Å²) in [5, 5.41) is 8.77. The van der Waals surface area contributed by atoms with Crippen molar-refractivity contribution < 1.29 is 4.79 Å². The van der Waals surface area contributed by atoms with Crippen LogP contribution in [0.1, 0.15) is 40.4 Å². The van der Waals surface area contributed by atoms with Crippen molar-refractivity contribution in [3.05, 3.63) is 95.6 Å². The largest absolute Gasteiger partial charge is 0.366 e. The van der Waals surface area contributed by atoms with Gasteiger partial charge in [0, 0.05) is 5.56 Å². The van der Waals surface area contributed by atoms with Crippen molar-refractivity contribution in [1.29, 1.82) is 0 Å². The SMILES string of the molecule is NC(=O)c1cccc(C(NCC2CC2)c2cc3ccccc3c3ccccc23)c1.